The topological polar surface area (TPSA) is 104 Å². The van der Waals surface area contributed by atoms with E-state index >= 15 is 0 Å². The van der Waals surface area contributed by atoms with Gasteiger partial charge in [0, 0.05) is 37.6 Å². The van der Waals surface area contributed by atoms with E-state index in [4.69, 9.17) is 14.7 Å². The van der Waals surface area contributed by atoms with Crippen LogP contribution >= 0.6 is 11.3 Å². The highest BCUT2D eigenvalue weighted by molar-refractivity contribution is 7.18. The quantitative estimate of drug-likeness (QED) is 0.393. The average molecular weight is 569 g/mol. The SMILES string of the molecule is CCCc1cc2c(N3CCn4c(nnc4C(F)(F)F)C3)nc(N3CCC(CNC(O)OC(C)(C)C)C3)nc2s1. The number of rotatable bonds is 8. The van der Waals surface area contributed by atoms with Crippen molar-refractivity contribution in [3.63, 3.8) is 0 Å². The van der Waals surface area contributed by atoms with Gasteiger partial charge in [-0.05, 0) is 45.6 Å². The van der Waals surface area contributed by atoms with Gasteiger partial charge in [-0.15, -0.1) is 21.5 Å². The Hall–Kier alpha value is -2.55. The molecular weight excluding hydrogens is 533 g/mol. The van der Waals surface area contributed by atoms with Crippen molar-refractivity contribution < 1.29 is 23.0 Å². The van der Waals surface area contributed by atoms with Crippen molar-refractivity contribution in [2.45, 2.75) is 78.2 Å². The van der Waals surface area contributed by atoms with Gasteiger partial charge >= 0.3 is 6.18 Å². The molecule has 3 aromatic rings. The van der Waals surface area contributed by atoms with Crippen LogP contribution in [0.15, 0.2) is 6.07 Å². The van der Waals surface area contributed by atoms with E-state index in [2.05, 4.69) is 33.4 Å². The molecule has 0 amide bonds. The molecule has 0 bridgehead atoms. The van der Waals surface area contributed by atoms with Crippen LogP contribution in [0.5, 0.6) is 0 Å². The van der Waals surface area contributed by atoms with Crippen molar-refractivity contribution in [3.8, 4) is 0 Å². The van der Waals surface area contributed by atoms with Gasteiger partial charge in [0.2, 0.25) is 18.2 Å². The van der Waals surface area contributed by atoms with Crippen LogP contribution < -0.4 is 15.1 Å². The minimum absolute atomic E-state index is 0.125. The van der Waals surface area contributed by atoms with E-state index in [-0.39, 0.29) is 24.8 Å². The van der Waals surface area contributed by atoms with Gasteiger partial charge in [-0.3, -0.25) is 5.32 Å². The Morgan fingerprint density at radius 3 is 2.67 bits per heavy atom. The Kier molecular flexibility index (Phi) is 7.74. The van der Waals surface area contributed by atoms with Crippen molar-refractivity contribution in [3.05, 3.63) is 22.6 Å². The average Bonchev–Trinajstić information content (AvgIpc) is 3.58. The van der Waals surface area contributed by atoms with E-state index in [9.17, 15) is 18.3 Å². The molecule has 3 aromatic heterocycles. The van der Waals surface area contributed by atoms with E-state index in [1.807, 2.05) is 25.7 Å². The fourth-order valence-electron chi connectivity index (χ4n) is 5.07. The number of aliphatic hydroxyl groups excluding tert-OH is 1. The molecule has 14 heteroatoms. The number of hydrogen-bond donors (Lipinski definition) is 2. The Morgan fingerprint density at radius 2 is 1.95 bits per heavy atom. The molecule has 0 aromatic carbocycles. The summed E-state index contributed by atoms with van der Waals surface area (Å²) in [6.07, 6.45) is -2.75. The molecule has 2 aliphatic heterocycles. The number of aromatic nitrogens is 5. The van der Waals surface area contributed by atoms with E-state index in [1.54, 1.807) is 11.3 Å². The summed E-state index contributed by atoms with van der Waals surface area (Å²) in [5.74, 6) is 0.918. The third-order valence-corrected chi connectivity index (χ3v) is 7.92. The van der Waals surface area contributed by atoms with Gasteiger partial charge in [0.05, 0.1) is 17.5 Å². The molecule has 1 saturated heterocycles. The Bertz CT molecular complexity index is 1300. The lowest BCUT2D eigenvalue weighted by Crippen LogP contribution is -2.40. The maximum Gasteiger partial charge on any atom is 0.451 e. The predicted molar refractivity (Wildman–Crippen MR) is 143 cm³/mol. The minimum atomic E-state index is -4.54. The van der Waals surface area contributed by atoms with Gasteiger partial charge in [0.25, 0.3) is 0 Å². The molecule has 0 saturated carbocycles. The van der Waals surface area contributed by atoms with Crippen molar-refractivity contribution in [1.82, 2.24) is 30.0 Å². The number of ether oxygens (including phenoxy) is 1. The van der Waals surface area contributed by atoms with Crippen LogP contribution in [0.4, 0.5) is 24.9 Å². The van der Waals surface area contributed by atoms with Crippen molar-refractivity contribution >= 4 is 33.3 Å². The summed E-state index contributed by atoms with van der Waals surface area (Å²) < 4.78 is 46.8. The zero-order chi connectivity index (χ0) is 27.9. The zero-order valence-electron chi connectivity index (χ0n) is 22.6. The predicted octanol–water partition coefficient (Wildman–Crippen LogP) is 3.78. The van der Waals surface area contributed by atoms with E-state index in [0.29, 0.717) is 24.9 Å². The summed E-state index contributed by atoms with van der Waals surface area (Å²) >= 11 is 1.64. The maximum atomic E-state index is 13.4. The molecule has 5 rings (SSSR count). The molecule has 0 aliphatic carbocycles. The zero-order valence-corrected chi connectivity index (χ0v) is 23.4. The lowest BCUT2D eigenvalue weighted by Gasteiger charge is -2.30. The molecule has 10 nitrogen and oxygen atoms in total. The summed E-state index contributed by atoms with van der Waals surface area (Å²) in [5, 5.41) is 21.4. The van der Waals surface area contributed by atoms with Crippen LogP contribution in [0.3, 0.4) is 0 Å². The standard InChI is InChI=1S/C25H35F3N8O2S/c1-5-6-16-11-17-19(34-9-10-36-18(14-34)32-33-21(36)25(26,27)28)30-22(31-20(17)39-16)35-8-7-15(13-35)12-29-23(37)38-24(2,3)4/h11,15,23,29,37H,5-10,12-14H2,1-4H3. The second kappa shape index (κ2) is 10.8. The van der Waals surface area contributed by atoms with Gasteiger partial charge in [-0.2, -0.15) is 18.2 Å². The fraction of sp³-hybridized carbons (Fsp3) is 0.680. The van der Waals surface area contributed by atoms with Crippen molar-refractivity contribution in [1.29, 1.82) is 0 Å². The number of hydrogen-bond acceptors (Lipinski definition) is 10. The van der Waals surface area contributed by atoms with Gasteiger partial charge in [0.15, 0.2) is 5.82 Å². The summed E-state index contributed by atoms with van der Waals surface area (Å²) in [6, 6.07) is 2.11. The first-order chi connectivity index (χ1) is 18.4. The lowest BCUT2D eigenvalue weighted by atomic mass is 10.1. The normalized spacial score (nSPS) is 19.2. The highest BCUT2D eigenvalue weighted by atomic mass is 32.1. The molecular formula is C25H35F3N8O2S. The van der Waals surface area contributed by atoms with E-state index in [0.717, 1.165) is 47.1 Å². The number of fused-ring (bicyclic) bond motifs is 2. The summed E-state index contributed by atoms with van der Waals surface area (Å²) in [6.45, 7) is 10.5. The third kappa shape index (κ3) is 6.28. The van der Waals surface area contributed by atoms with Crippen LogP contribution in [0.1, 0.15) is 57.1 Å². The minimum Gasteiger partial charge on any atom is -0.356 e. The maximum absolute atomic E-state index is 13.4. The highest BCUT2D eigenvalue weighted by Gasteiger charge is 2.40. The van der Waals surface area contributed by atoms with Gasteiger partial charge in [-0.25, -0.2) is 4.98 Å². The van der Waals surface area contributed by atoms with Crippen LogP contribution in [0.25, 0.3) is 10.2 Å². The number of aryl methyl sites for hydroxylation is 1. The molecule has 0 spiro atoms. The summed E-state index contributed by atoms with van der Waals surface area (Å²) in [4.78, 5) is 16.1. The number of nitrogens with zero attached hydrogens (tertiary/aromatic N) is 7. The number of aliphatic hydroxyl groups is 1. The first kappa shape index (κ1) is 28.0. The third-order valence-electron chi connectivity index (χ3n) is 6.83. The summed E-state index contributed by atoms with van der Waals surface area (Å²) in [5.41, 5.74) is -0.457. The molecule has 214 valence electrons. The monoisotopic (exact) mass is 568 g/mol. The molecule has 1 fully saturated rings. The van der Waals surface area contributed by atoms with E-state index < -0.39 is 24.0 Å². The molecule has 2 N–H and O–H groups in total. The molecule has 5 heterocycles. The smallest absolute Gasteiger partial charge is 0.356 e. The largest absolute Gasteiger partial charge is 0.451 e. The van der Waals surface area contributed by atoms with Crippen LogP contribution in [0, 0.1) is 5.92 Å². The second-order valence-corrected chi connectivity index (χ2v) is 12.2. The van der Waals surface area contributed by atoms with Crippen molar-refractivity contribution in [2.24, 2.45) is 5.92 Å². The molecule has 2 aliphatic rings. The number of thiophene rings is 1. The van der Waals surface area contributed by atoms with Gasteiger partial charge < -0.3 is 24.2 Å². The highest BCUT2D eigenvalue weighted by Crippen LogP contribution is 2.36. The lowest BCUT2D eigenvalue weighted by molar-refractivity contribution is -0.182. The van der Waals surface area contributed by atoms with Crippen LogP contribution in [-0.4, -0.2) is 68.0 Å². The molecule has 39 heavy (non-hydrogen) atoms. The van der Waals surface area contributed by atoms with Crippen molar-refractivity contribution in [2.75, 3.05) is 36.0 Å². The molecule has 2 unspecified atom stereocenters. The fourth-order valence-corrected chi connectivity index (χ4v) is 6.19. The van der Waals surface area contributed by atoms with Crippen LogP contribution in [-0.2, 0) is 30.4 Å². The van der Waals surface area contributed by atoms with E-state index in [1.165, 1.54) is 4.88 Å². The Balaban J connectivity index is 1.37. The van der Waals surface area contributed by atoms with Gasteiger partial charge in [0.1, 0.15) is 10.6 Å². The second-order valence-electron chi connectivity index (χ2n) is 11.1. The number of nitrogens with one attached hydrogen (secondary N) is 1. The van der Waals surface area contributed by atoms with Gasteiger partial charge in [-0.1, -0.05) is 13.3 Å². The Labute approximate surface area is 229 Å². The van der Waals surface area contributed by atoms with Crippen LogP contribution in [0.2, 0.25) is 0 Å². The summed E-state index contributed by atoms with van der Waals surface area (Å²) in [7, 11) is 0. The first-order valence-corrected chi connectivity index (χ1v) is 14.1. The first-order valence-electron chi connectivity index (χ1n) is 13.3. The molecule has 0 radical (unpaired) electrons. The molecule has 2 atom stereocenters. The number of alkyl halides is 3. The number of halogens is 3. The Morgan fingerprint density at radius 1 is 1.15 bits per heavy atom. The number of anilines is 2.